The van der Waals surface area contributed by atoms with Crippen molar-refractivity contribution in [2.45, 2.75) is 11.7 Å². The van der Waals surface area contributed by atoms with Crippen molar-refractivity contribution in [3.8, 4) is 0 Å². The Bertz CT molecular complexity index is 527. The molecule has 6 nitrogen and oxygen atoms in total. The van der Waals surface area contributed by atoms with Gasteiger partial charge in [-0.2, -0.15) is 4.99 Å². The van der Waals surface area contributed by atoms with E-state index in [0.717, 1.165) is 11.8 Å². The van der Waals surface area contributed by atoms with Gasteiger partial charge in [0, 0.05) is 18.1 Å². The van der Waals surface area contributed by atoms with Gasteiger partial charge in [-0.25, -0.2) is 4.98 Å². The van der Waals surface area contributed by atoms with E-state index in [1.807, 2.05) is 0 Å². The molecule has 8 heteroatoms. The second kappa shape index (κ2) is 5.98. The van der Waals surface area contributed by atoms with Crippen LogP contribution in [0.3, 0.4) is 0 Å². The largest absolute Gasteiger partial charge is 0.481 e. The highest BCUT2D eigenvalue weighted by molar-refractivity contribution is 8.15. The maximum Gasteiger partial charge on any atom is 0.305 e. The molecular formula is C11H11N3O3S2. The van der Waals surface area contributed by atoms with Crippen molar-refractivity contribution in [1.29, 1.82) is 0 Å². The predicted molar refractivity (Wildman–Crippen MR) is 74.8 cm³/mol. The van der Waals surface area contributed by atoms with E-state index < -0.39 is 11.2 Å². The smallest absolute Gasteiger partial charge is 0.305 e. The summed E-state index contributed by atoms with van der Waals surface area (Å²) in [5, 5.41) is 11.0. The van der Waals surface area contributed by atoms with Crippen LogP contribution >= 0.6 is 23.1 Å². The highest BCUT2D eigenvalue weighted by atomic mass is 32.2. The highest BCUT2D eigenvalue weighted by Gasteiger charge is 2.38. The molecule has 0 aliphatic carbocycles. The standard InChI is InChI=1S/C11H11N3O3S2/c1-2-4-14-9(17)7(6-8(15)16)19-11(14)13-10-12-3-5-18-10/h2-3,5,7H,1,4,6H2,(H,15,16). The second-order valence-electron chi connectivity index (χ2n) is 3.65. The van der Waals surface area contributed by atoms with Crippen LogP contribution < -0.4 is 0 Å². The zero-order chi connectivity index (χ0) is 13.8. The van der Waals surface area contributed by atoms with E-state index in [4.69, 9.17) is 5.11 Å². The number of thioether (sulfide) groups is 1. The Labute approximate surface area is 117 Å². The lowest BCUT2D eigenvalue weighted by molar-refractivity contribution is -0.139. The third kappa shape index (κ3) is 3.21. The summed E-state index contributed by atoms with van der Waals surface area (Å²) in [4.78, 5) is 32.5. The molecule has 1 fully saturated rings. The first-order valence-corrected chi connectivity index (χ1v) is 7.16. The summed E-state index contributed by atoms with van der Waals surface area (Å²) in [7, 11) is 0. The number of amides is 1. The summed E-state index contributed by atoms with van der Waals surface area (Å²) in [6, 6.07) is 0. The molecule has 0 spiro atoms. The lowest BCUT2D eigenvalue weighted by atomic mass is 10.3. The van der Waals surface area contributed by atoms with Crippen LogP contribution in [0.5, 0.6) is 0 Å². The van der Waals surface area contributed by atoms with Crippen molar-refractivity contribution in [2.24, 2.45) is 4.99 Å². The third-order valence-electron chi connectivity index (χ3n) is 2.30. The second-order valence-corrected chi connectivity index (χ2v) is 5.69. The number of carbonyl (C=O) groups excluding carboxylic acids is 1. The Hall–Kier alpha value is -1.67. The molecule has 100 valence electrons. The molecule has 1 aliphatic heterocycles. The number of nitrogens with zero attached hydrogens (tertiary/aromatic N) is 3. The molecular weight excluding hydrogens is 286 g/mol. The summed E-state index contributed by atoms with van der Waals surface area (Å²) in [5.74, 6) is -1.25. The number of thiazole rings is 1. The third-order valence-corrected chi connectivity index (χ3v) is 4.14. The van der Waals surface area contributed by atoms with E-state index in [-0.39, 0.29) is 12.3 Å². The van der Waals surface area contributed by atoms with Gasteiger partial charge in [0.25, 0.3) is 0 Å². The summed E-state index contributed by atoms with van der Waals surface area (Å²) in [6.45, 7) is 3.90. The number of rotatable bonds is 5. The molecule has 0 aromatic carbocycles. The Balaban J connectivity index is 2.23. The maximum absolute atomic E-state index is 12.1. The first kappa shape index (κ1) is 13.8. The van der Waals surface area contributed by atoms with E-state index in [0.29, 0.717) is 16.8 Å². The molecule has 2 heterocycles. The maximum atomic E-state index is 12.1. The van der Waals surface area contributed by atoms with Crippen LogP contribution in [-0.2, 0) is 9.59 Å². The van der Waals surface area contributed by atoms with Gasteiger partial charge in [0.1, 0.15) is 5.25 Å². The highest BCUT2D eigenvalue weighted by Crippen LogP contribution is 2.31. The molecule has 2 rings (SSSR count). The number of aliphatic carboxylic acids is 1. The minimum atomic E-state index is -1.00. The number of amidine groups is 1. The van der Waals surface area contributed by atoms with Gasteiger partial charge in [-0.15, -0.1) is 17.9 Å². The molecule has 1 amide bonds. The van der Waals surface area contributed by atoms with Crippen LogP contribution in [0.25, 0.3) is 0 Å². The van der Waals surface area contributed by atoms with E-state index >= 15 is 0 Å². The van der Waals surface area contributed by atoms with Crippen molar-refractivity contribution in [3.05, 3.63) is 24.2 Å². The molecule has 0 bridgehead atoms. The number of carboxylic acids is 1. The summed E-state index contributed by atoms with van der Waals surface area (Å²) in [5.41, 5.74) is 0. The molecule has 1 unspecified atom stereocenters. The van der Waals surface area contributed by atoms with Crippen LogP contribution in [-0.4, -0.2) is 43.8 Å². The zero-order valence-corrected chi connectivity index (χ0v) is 11.5. The Kier molecular flexibility index (Phi) is 4.33. The van der Waals surface area contributed by atoms with Crippen LogP contribution in [0.15, 0.2) is 29.2 Å². The fourth-order valence-electron chi connectivity index (χ4n) is 1.53. The predicted octanol–water partition coefficient (Wildman–Crippen LogP) is 1.74. The first-order valence-electron chi connectivity index (χ1n) is 5.40. The number of carbonyl (C=O) groups is 2. The molecule has 0 radical (unpaired) electrons. The van der Waals surface area contributed by atoms with E-state index in [2.05, 4.69) is 16.6 Å². The van der Waals surface area contributed by atoms with Crippen LogP contribution in [0.4, 0.5) is 5.13 Å². The Morgan fingerprint density at radius 2 is 2.47 bits per heavy atom. The van der Waals surface area contributed by atoms with E-state index in [9.17, 15) is 9.59 Å². The van der Waals surface area contributed by atoms with Gasteiger partial charge in [-0.05, 0) is 0 Å². The van der Waals surface area contributed by atoms with Crippen molar-refractivity contribution < 1.29 is 14.7 Å². The van der Waals surface area contributed by atoms with Crippen LogP contribution in [0.1, 0.15) is 6.42 Å². The van der Waals surface area contributed by atoms with Gasteiger partial charge < -0.3 is 5.11 Å². The Morgan fingerprint density at radius 3 is 3.05 bits per heavy atom. The van der Waals surface area contributed by atoms with Crippen LogP contribution in [0, 0.1) is 0 Å². The minimum absolute atomic E-state index is 0.214. The molecule has 1 N–H and O–H groups in total. The lowest BCUT2D eigenvalue weighted by Crippen LogP contribution is -2.32. The van der Waals surface area contributed by atoms with Gasteiger partial charge in [-0.3, -0.25) is 14.5 Å². The normalized spacial score (nSPS) is 21.1. The summed E-state index contributed by atoms with van der Waals surface area (Å²) >= 11 is 2.51. The molecule has 1 aliphatic rings. The van der Waals surface area contributed by atoms with E-state index in [1.165, 1.54) is 16.2 Å². The van der Waals surface area contributed by atoms with Gasteiger partial charge in [0.05, 0.1) is 6.42 Å². The van der Waals surface area contributed by atoms with Crippen molar-refractivity contribution >= 4 is 45.3 Å². The average Bonchev–Trinajstić information content (AvgIpc) is 2.94. The number of carboxylic acid groups (broad SMARTS) is 1. The first-order chi connectivity index (χ1) is 9.11. The summed E-state index contributed by atoms with van der Waals surface area (Å²) < 4.78 is 0. The molecule has 1 atom stereocenters. The summed E-state index contributed by atoms with van der Waals surface area (Å²) in [6.07, 6.45) is 2.99. The SMILES string of the molecule is C=CCN1C(=O)C(CC(=O)O)SC1=Nc1nccs1. The topological polar surface area (TPSA) is 82.9 Å². The number of hydrogen-bond acceptors (Lipinski definition) is 6. The van der Waals surface area contributed by atoms with Gasteiger partial charge >= 0.3 is 5.97 Å². The molecule has 19 heavy (non-hydrogen) atoms. The monoisotopic (exact) mass is 297 g/mol. The van der Waals surface area contributed by atoms with Gasteiger partial charge in [-0.1, -0.05) is 17.8 Å². The zero-order valence-electron chi connectivity index (χ0n) is 9.85. The van der Waals surface area contributed by atoms with Gasteiger partial charge in [0.2, 0.25) is 11.0 Å². The Morgan fingerprint density at radius 1 is 1.68 bits per heavy atom. The van der Waals surface area contributed by atoms with Crippen molar-refractivity contribution in [1.82, 2.24) is 9.88 Å². The average molecular weight is 297 g/mol. The van der Waals surface area contributed by atoms with Crippen LogP contribution in [0.2, 0.25) is 0 Å². The fraction of sp³-hybridized carbons (Fsp3) is 0.273. The molecule has 1 aromatic heterocycles. The minimum Gasteiger partial charge on any atom is -0.481 e. The molecule has 1 aromatic rings. The quantitative estimate of drug-likeness (QED) is 0.837. The number of aliphatic imine (C=N–C) groups is 1. The molecule has 1 saturated heterocycles. The number of aromatic nitrogens is 1. The van der Waals surface area contributed by atoms with Gasteiger partial charge in [0.15, 0.2) is 5.17 Å². The van der Waals surface area contributed by atoms with Crippen molar-refractivity contribution in [3.63, 3.8) is 0 Å². The number of hydrogen-bond donors (Lipinski definition) is 1. The van der Waals surface area contributed by atoms with E-state index in [1.54, 1.807) is 17.7 Å². The lowest BCUT2D eigenvalue weighted by Gasteiger charge is -2.12. The fourth-order valence-corrected chi connectivity index (χ4v) is 3.24. The molecule has 0 saturated carbocycles. The van der Waals surface area contributed by atoms with Crippen molar-refractivity contribution in [2.75, 3.05) is 6.54 Å².